The Labute approximate surface area is 89.0 Å². The van der Waals surface area contributed by atoms with Crippen molar-refractivity contribution in [2.75, 3.05) is 11.9 Å². The van der Waals surface area contributed by atoms with E-state index in [2.05, 4.69) is 40.6 Å². The van der Waals surface area contributed by atoms with E-state index in [9.17, 15) is 0 Å². The van der Waals surface area contributed by atoms with Crippen LogP contribution in [0.4, 0.5) is 5.82 Å². The van der Waals surface area contributed by atoms with Crippen LogP contribution in [-0.4, -0.2) is 11.5 Å². The third-order valence-corrected chi connectivity index (χ3v) is 2.81. The molecule has 2 nitrogen and oxygen atoms in total. The largest absolute Gasteiger partial charge is 0.369 e. The Morgan fingerprint density at radius 3 is 2.80 bits per heavy atom. The number of nitrogens with one attached hydrogen (secondary N) is 1. The lowest BCUT2D eigenvalue weighted by Crippen LogP contribution is -1.92. The zero-order chi connectivity index (χ0) is 10.1. The summed E-state index contributed by atoms with van der Waals surface area (Å²) < 4.78 is 0. The van der Waals surface area contributed by atoms with Gasteiger partial charge in [0.05, 0.1) is 0 Å². The van der Waals surface area contributed by atoms with Crippen molar-refractivity contribution in [3.8, 4) is 11.1 Å². The second-order valence-electron chi connectivity index (χ2n) is 3.73. The van der Waals surface area contributed by atoms with Crippen molar-refractivity contribution < 1.29 is 0 Å². The molecule has 2 aromatic rings. The normalized spacial score (nSPS) is 13.3. The highest BCUT2D eigenvalue weighted by atomic mass is 15.0. The van der Waals surface area contributed by atoms with Gasteiger partial charge in [-0.25, -0.2) is 4.98 Å². The lowest BCUT2D eigenvalue weighted by molar-refractivity contribution is 1.11. The molecule has 0 saturated heterocycles. The first-order valence-electron chi connectivity index (χ1n) is 5.22. The van der Waals surface area contributed by atoms with Crippen LogP contribution in [0.25, 0.3) is 11.1 Å². The molecule has 3 rings (SSSR count). The number of nitrogens with zero attached hydrogens (tertiary/aromatic N) is 1. The van der Waals surface area contributed by atoms with Gasteiger partial charge in [-0.15, -0.1) is 0 Å². The number of fused-ring (bicyclic) bond motifs is 1. The zero-order valence-corrected chi connectivity index (χ0v) is 8.40. The quantitative estimate of drug-likeness (QED) is 0.758. The molecule has 0 saturated carbocycles. The Morgan fingerprint density at radius 2 is 1.93 bits per heavy atom. The smallest absolute Gasteiger partial charge is 0.129 e. The third kappa shape index (κ3) is 1.38. The molecule has 1 aromatic heterocycles. The molecule has 0 unspecified atom stereocenters. The van der Waals surface area contributed by atoms with Crippen LogP contribution in [0.5, 0.6) is 0 Å². The average Bonchev–Trinajstić information content (AvgIpc) is 2.78. The molecule has 0 radical (unpaired) electrons. The second kappa shape index (κ2) is 3.39. The van der Waals surface area contributed by atoms with Gasteiger partial charge >= 0.3 is 0 Å². The van der Waals surface area contributed by atoms with Crippen molar-refractivity contribution in [2.45, 2.75) is 6.42 Å². The number of anilines is 1. The maximum absolute atomic E-state index is 4.33. The van der Waals surface area contributed by atoms with Gasteiger partial charge in [-0.2, -0.15) is 0 Å². The van der Waals surface area contributed by atoms with E-state index in [1.165, 1.54) is 16.7 Å². The van der Waals surface area contributed by atoms with Gasteiger partial charge in [-0.05, 0) is 23.6 Å². The molecular formula is C13H12N2. The van der Waals surface area contributed by atoms with Crippen molar-refractivity contribution in [3.63, 3.8) is 0 Å². The van der Waals surface area contributed by atoms with Gasteiger partial charge in [0, 0.05) is 18.3 Å². The molecule has 0 aliphatic carbocycles. The summed E-state index contributed by atoms with van der Waals surface area (Å²) in [5.41, 5.74) is 3.94. The summed E-state index contributed by atoms with van der Waals surface area (Å²) in [5.74, 6) is 1.05. The first-order chi connectivity index (χ1) is 7.45. The van der Waals surface area contributed by atoms with Crippen molar-refractivity contribution in [1.82, 2.24) is 4.98 Å². The van der Waals surface area contributed by atoms with Crippen molar-refractivity contribution in [3.05, 3.63) is 48.2 Å². The van der Waals surface area contributed by atoms with Crippen molar-refractivity contribution in [2.24, 2.45) is 0 Å². The van der Waals surface area contributed by atoms with Crippen molar-refractivity contribution in [1.29, 1.82) is 0 Å². The molecule has 74 valence electrons. The molecule has 1 N–H and O–H groups in total. The molecule has 0 bridgehead atoms. The van der Waals surface area contributed by atoms with Gasteiger partial charge in [-0.1, -0.05) is 30.3 Å². The number of rotatable bonds is 1. The van der Waals surface area contributed by atoms with Crippen LogP contribution in [0.3, 0.4) is 0 Å². The highest BCUT2D eigenvalue weighted by Crippen LogP contribution is 2.30. The second-order valence-corrected chi connectivity index (χ2v) is 3.73. The number of pyridine rings is 1. The van der Waals surface area contributed by atoms with E-state index in [-0.39, 0.29) is 0 Å². The standard InChI is InChI=1S/C13H12N2/c1-2-4-10(5-3-1)11-6-8-14-13-12(11)7-9-15-13/h1-6,8H,7,9H2,(H,14,15). The van der Waals surface area contributed by atoms with Crippen LogP contribution < -0.4 is 5.32 Å². The molecule has 2 heterocycles. The maximum atomic E-state index is 4.33. The predicted octanol–water partition coefficient (Wildman–Crippen LogP) is 2.72. The lowest BCUT2D eigenvalue weighted by atomic mass is 10.0. The molecule has 0 amide bonds. The summed E-state index contributed by atoms with van der Waals surface area (Å²) in [5, 5.41) is 3.30. The summed E-state index contributed by atoms with van der Waals surface area (Å²) in [6.07, 6.45) is 2.95. The van der Waals surface area contributed by atoms with Crippen LogP contribution >= 0.6 is 0 Å². The summed E-state index contributed by atoms with van der Waals surface area (Å²) in [6, 6.07) is 12.6. The maximum Gasteiger partial charge on any atom is 0.129 e. The van der Waals surface area contributed by atoms with E-state index in [4.69, 9.17) is 0 Å². The van der Waals surface area contributed by atoms with E-state index in [0.717, 1.165) is 18.8 Å². The van der Waals surface area contributed by atoms with E-state index in [1.54, 1.807) is 0 Å². The van der Waals surface area contributed by atoms with E-state index >= 15 is 0 Å². The molecule has 0 spiro atoms. The number of hydrogen-bond acceptors (Lipinski definition) is 2. The van der Waals surface area contributed by atoms with Crippen molar-refractivity contribution >= 4 is 5.82 Å². The fourth-order valence-corrected chi connectivity index (χ4v) is 2.09. The van der Waals surface area contributed by atoms with Crippen LogP contribution in [0.2, 0.25) is 0 Å². The summed E-state index contributed by atoms with van der Waals surface area (Å²) in [6.45, 7) is 1.01. The Morgan fingerprint density at radius 1 is 1.07 bits per heavy atom. The number of aromatic nitrogens is 1. The van der Waals surface area contributed by atoms with E-state index < -0.39 is 0 Å². The summed E-state index contributed by atoms with van der Waals surface area (Å²) in [4.78, 5) is 4.33. The van der Waals surface area contributed by atoms with Gasteiger partial charge in [0.25, 0.3) is 0 Å². The van der Waals surface area contributed by atoms with Crippen LogP contribution in [0.15, 0.2) is 42.6 Å². The fourth-order valence-electron chi connectivity index (χ4n) is 2.09. The Balaban J connectivity index is 2.17. The molecule has 0 fully saturated rings. The first-order valence-corrected chi connectivity index (χ1v) is 5.22. The Kier molecular flexibility index (Phi) is 1.91. The molecule has 1 aliphatic rings. The van der Waals surface area contributed by atoms with Crippen LogP contribution in [-0.2, 0) is 6.42 Å². The lowest BCUT2D eigenvalue weighted by Gasteiger charge is -2.06. The minimum absolute atomic E-state index is 1.01. The fraction of sp³-hybridized carbons (Fsp3) is 0.154. The van der Waals surface area contributed by atoms with Gasteiger partial charge in [0.2, 0.25) is 0 Å². The summed E-state index contributed by atoms with van der Waals surface area (Å²) >= 11 is 0. The molecule has 1 aliphatic heterocycles. The zero-order valence-electron chi connectivity index (χ0n) is 8.40. The molecule has 15 heavy (non-hydrogen) atoms. The topological polar surface area (TPSA) is 24.9 Å². The SMILES string of the molecule is c1ccc(-c2ccnc3c2CCN3)cc1. The minimum Gasteiger partial charge on any atom is -0.369 e. The minimum atomic E-state index is 1.01. The summed E-state index contributed by atoms with van der Waals surface area (Å²) in [7, 11) is 0. The molecule has 1 aromatic carbocycles. The number of hydrogen-bond donors (Lipinski definition) is 1. The van der Waals surface area contributed by atoms with Gasteiger partial charge in [0.15, 0.2) is 0 Å². The predicted molar refractivity (Wildman–Crippen MR) is 61.9 cm³/mol. The molecule has 0 atom stereocenters. The van der Waals surface area contributed by atoms with E-state index in [1.807, 2.05) is 12.3 Å². The molecular weight excluding hydrogens is 184 g/mol. The van der Waals surface area contributed by atoms with Gasteiger partial charge in [-0.3, -0.25) is 0 Å². The molecule has 2 heteroatoms. The Bertz CT molecular complexity index is 477. The van der Waals surface area contributed by atoms with Crippen LogP contribution in [0, 0.1) is 0 Å². The highest BCUT2D eigenvalue weighted by Gasteiger charge is 2.15. The highest BCUT2D eigenvalue weighted by molar-refractivity contribution is 5.73. The van der Waals surface area contributed by atoms with Gasteiger partial charge < -0.3 is 5.32 Å². The number of benzene rings is 1. The van der Waals surface area contributed by atoms with Crippen LogP contribution in [0.1, 0.15) is 5.56 Å². The monoisotopic (exact) mass is 196 g/mol. The van der Waals surface area contributed by atoms with E-state index in [0.29, 0.717) is 0 Å². The Hall–Kier alpha value is -1.83. The first kappa shape index (κ1) is 8.48. The third-order valence-electron chi connectivity index (χ3n) is 2.81. The average molecular weight is 196 g/mol. The van der Waals surface area contributed by atoms with Gasteiger partial charge in [0.1, 0.15) is 5.82 Å².